The van der Waals surface area contributed by atoms with E-state index in [4.69, 9.17) is 12.6 Å². The van der Waals surface area contributed by atoms with Crippen molar-refractivity contribution in [2.45, 2.75) is 19.3 Å². The molecule has 1 aliphatic heterocycles. The fourth-order valence-electron chi connectivity index (χ4n) is 2.59. The molecular formula is C12H24N3Na3O6S5. The van der Waals surface area contributed by atoms with Crippen LogP contribution < -0.4 is 88.7 Å². The van der Waals surface area contributed by atoms with Gasteiger partial charge >= 0.3 is 88.7 Å². The maximum absolute atomic E-state index is 10.6. The normalized spacial score (nSPS) is 16.5. The molecule has 1 heterocycles. The molecule has 0 N–H and O–H groups in total. The van der Waals surface area contributed by atoms with E-state index in [1.54, 1.807) is 0 Å². The fourth-order valence-corrected chi connectivity index (χ4v) is 5.56. The Morgan fingerprint density at radius 1 is 0.690 bits per heavy atom. The maximum atomic E-state index is 10.6. The smallest absolute Gasteiger partial charge is 0.793 e. The van der Waals surface area contributed by atoms with E-state index >= 15 is 0 Å². The van der Waals surface area contributed by atoms with Crippen LogP contribution in [0.3, 0.4) is 0 Å². The van der Waals surface area contributed by atoms with Crippen molar-refractivity contribution in [3.05, 3.63) is 0 Å². The van der Waals surface area contributed by atoms with E-state index < -0.39 is 18.3 Å². The first-order chi connectivity index (χ1) is 12.1. The molecule has 0 aromatic heterocycles. The Hall–Kier alpha value is 3.75. The first-order valence-corrected chi connectivity index (χ1v) is 14.4. The zero-order valence-electron chi connectivity index (χ0n) is 17.3. The molecule has 17 heteroatoms. The summed E-state index contributed by atoms with van der Waals surface area (Å²) in [6, 6.07) is 0. The minimum absolute atomic E-state index is 0. The molecule has 0 aromatic rings. The summed E-state index contributed by atoms with van der Waals surface area (Å²) in [6.07, 6.45) is 2.06. The second kappa shape index (κ2) is 20.0. The van der Waals surface area contributed by atoms with Crippen molar-refractivity contribution in [1.82, 2.24) is 14.7 Å². The topological polar surface area (TPSA) is 124 Å². The molecule has 0 bridgehead atoms. The second-order valence-electron chi connectivity index (χ2n) is 5.83. The number of rotatable bonds is 13. The van der Waals surface area contributed by atoms with Gasteiger partial charge in [-0.15, -0.1) is 0 Å². The standard InChI is InChI=1S/C12H27N3O6S5.3Na/c16-25(17,18)23-8-2-5-14-10-13(4-1-7-22)11-15(12-14)6-3-9-24-26(19,20)21;;;/h22H,1-12H2,(H,16,17,18)(H,19,20,21);;;/q;3*+1/p-3. The van der Waals surface area contributed by atoms with Gasteiger partial charge < -0.3 is 21.7 Å². The van der Waals surface area contributed by atoms with E-state index in [0.29, 0.717) is 59.9 Å². The van der Waals surface area contributed by atoms with Gasteiger partial charge in [-0.1, -0.05) is 6.42 Å². The monoisotopic (exact) mass is 535 g/mol. The molecule has 0 spiro atoms. The van der Waals surface area contributed by atoms with Crippen LogP contribution in [0.1, 0.15) is 19.3 Å². The van der Waals surface area contributed by atoms with Gasteiger partial charge in [0.05, 0.1) is 20.0 Å². The van der Waals surface area contributed by atoms with Crippen LogP contribution in [0.2, 0.25) is 0 Å². The van der Waals surface area contributed by atoms with Crippen LogP contribution in [0.25, 0.3) is 0 Å². The van der Waals surface area contributed by atoms with Gasteiger partial charge in [0.1, 0.15) is 18.3 Å². The third-order valence-corrected chi connectivity index (χ3v) is 8.02. The van der Waals surface area contributed by atoms with Crippen LogP contribution in [0.15, 0.2) is 0 Å². The molecule has 0 radical (unpaired) electrons. The zero-order valence-corrected chi connectivity index (χ0v) is 27.4. The second-order valence-corrected chi connectivity index (χ2v) is 13.0. The summed E-state index contributed by atoms with van der Waals surface area (Å²) in [5, 5.41) is 0. The first-order valence-electron chi connectivity index (χ1n) is 8.05. The van der Waals surface area contributed by atoms with Crippen molar-refractivity contribution in [1.29, 1.82) is 0 Å². The third-order valence-electron chi connectivity index (χ3n) is 3.51. The maximum Gasteiger partial charge on any atom is 1.00 e. The van der Waals surface area contributed by atoms with E-state index in [9.17, 15) is 25.9 Å². The van der Waals surface area contributed by atoms with Gasteiger partial charge in [-0.25, -0.2) is 16.8 Å². The van der Waals surface area contributed by atoms with Gasteiger partial charge in [-0.2, -0.15) is 5.75 Å². The van der Waals surface area contributed by atoms with Crippen molar-refractivity contribution < 1.29 is 115 Å². The quantitative estimate of drug-likeness (QED) is 0.0731. The number of hydrogen-bond acceptors (Lipinski definition) is 12. The van der Waals surface area contributed by atoms with Gasteiger partial charge in [-0.05, 0) is 41.0 Å². The summed E-state index contributed by atoms with van der Waals surface area (Å²) in [5.41, 5.74) is 0. The molecule has 9 nitrogen and oxygen atoms in total. The van der Waals surface area contributed by atoms with Crippen molar-refractivity contribution in [2.24, 2.45) is 0 Å². The van der Waals surface area contributed by atoms with Crippen LogP contribution >= 0.6 is 21.6 Å². The molecule has 0 amide bonds. The van der Waals surface area contributed by atoms with Crippen LogP contribution in [-0.4, -0.2) is 97.5 Å². The molecule has 156 valence electrons. The predicted molar refractivity (Wildman–Crippen MR) is 105 cm³/mol. The minimum Gasteiger partial charge on any atom is -0.793 e. The molecule has 29 heavy (non-hydrogen) atoms. The summed E-state index contributed by atoms with van der Waals surface area (Å²) >= 11 is 4.99. The molecule has 1 rings (SSSR count). The van der Waals surface area contributed by atoms with Gasteiger partial charge in [0.2, 0.25) is 0 Å². The average Bonchev–Trinajstić information content (AvgIpc) is 2.52. The molecule has 0 atom stereocenters. The van der Waals surface area contributed by atoms with Gasteiger partial charge in [0.15, 0.2) is 0 Å². The van der Waals surface area contributed by atoms with Crippen molar-refractivity contribution in [3.63, 3.8) is 0 Å². The van der Waals surface area contributed by atoms with Crippen LogP contribution in [0.5, 0.6) is 0 Å². The first kappa shape index (κ1) is 37.3. The molecule has 0 aliphatic carbocycles. The van der Waals surface area contributed by atoms with E-state index in [2.05, 4.69) is 14.7 Å². The van der Waals surface area contributed by atoms with Gasteiger partial charge in [0, 0.05) is 24.6 Å². The van der Waals surface area contributed by atoms with Gasteiger partial charge in [-0.3, -0.25) is 14.7 Å². The van der Waals surface area contributed by atoms with E-state index in [0.717, 1.165) is 26.3 Å². The summed E-state index contributed by atoms with van der Waals surface area (Å²) in [5.74, 6) is 1.19. The fraction of sp³-hybridized carbons (Fsp3) is 1.00. The Morgan fingerprint density at radius 3 is 1.28 bits per heavy atom. The summed E-state index contributed by atoms with van der Waals surface area (Å²) in [6.45, 7) is 4.33. The zero-order chi connectivity index (χ0) is 19.6. The van der Waals surface area contributed by atoms with Crippen molar-refractivity contribution in [2.75, 3.05) is 56.9 Å². The molecule has 0 unspecified atom stereocenters. The Labute approximate surface area is 254 Å². The van der Waals surface area contributed by atoms with Crippen molar-refractivity contribution >= 4 is 52.5 Å². The minimum atomic E-state index is -4.25. The molecule has 1 aliphatic rings. The number of hydrogen-bond donors (Lipinski definition) is 0. The summed E-state index contributed by atoms with van der Waals surface area (Å²) < 4.78 is 63.7. The Morgan fingerprint density at radius 2 is 1.00 bits per heavy atom. The largest absolute Gasteiger partial charge is 1.00 e. The van der Waals surface area contributed by atoms with E-state index in [1.165, 1.54) is 0 Å². The Bertz CT molecular complexity index is 568. The molecule has 0 saturated carbocycles. The molecular weight excluding hydrogens is 511 g/mol. The summed E-state index contributed by atoms with van der Waals surface area (Å²) in [7, 11) is -7.66. The Kier molecular flexibility index (Phi) is 25.7. The SMILES string of the molecule is O=S(=O)([O-])SCCCN1CN(CCC[S-])CN(CCCSS(=O)(=O)[O-])C1.[Na+].[Na+].[Na+]. The van der Waals surface area contributed by atoms with E-state index in [1.807, 2.05) is 0 Å². The van der Waals surface area contributed by atoms with Crippen LogP contribution in [-0.2, 0) is 30.9 Å². The van der Waals surface area contributed by atoms with Gasteiger partial charge in [0.25, 0.3) is 0 Å². The summed E-state index contributed by atoms with van der Waals surface area (Å²) in [4.78, 5) is 6.54. The number of nitrogens with zero attached hydrogens (tertiary/aromatic N) is 3. The molecule has 1 fully saturated rings. The molecule has 1 saturated heterocycles. The van der Waals surface area contributed by atoms with Crippen LogP contribution in [0, 0.1) is 0 Å². The van der Waals surface area contributed by atoms with Crippen molar-refractivity contribution in [3.8, 4) is 0 Å². The average molecular weight is 536 g/mol. The Balaban J connectivity index is -0.00000225. The molecule has 0 aromatic carbocycles. The third kappa shape index (κ3) is 22.0. The van der Waals surface area contributed by atoms with Crippen LogP contribution in [0.4, 0.5) is 0 Å². The van der Waals surface area contributed by atoms with E-state index in [-0.39, 0.29) is 100 Å². The predicted octanol–water partition coefficient (Wildman–Crippen LogP) is -9.11.